The molecule has 0 aliphatic carbocycles. The molecule has 0 bridgehead atoms. The SMILES string of the molecule is c1ccc(-c2cc(Nc3cccc4ccccc34)cc(-c3ccccc3)c2)cc1.c1ccc(-c2ccc(Nc3cc(-c4ccccc4)cc(-c4ccccc4)c3)cc2)cc1.c1ccc(-c2ccc(Nc3ccc(-c4cccc(-c5ccccc5)c4)cc3)cc2)cc1. The average molecular weight is 1170 g/mol. The Bertz CT molecular complexity index is 4630. The zero-order valence-corrected chi connectivity index (χ0v) is 50.5. The second-order valence-corrected chi connectivity index (χ2v) is 22.4. The first-order valence-electron chi connectivity index (χ1n) is 30.9. The maximum atomic E-state index is 3.67. The van der Waals surface area contributed by atoms with Crippen LogP contribution in [0.3, 0.4) is 0 Å². The van der Waals surface area contributed by atoms with Gasteiger partial charge in [-0.1, -0.05) is 303 Å². The summed E-state index contributed by atoms with van der Waals surface area (Å²) in [5, 5.41) is 13.2. The van der Waals surface area contributed by atoms with E-state index in [0.717, 1.165) is 34.1 Å². The van der Waals surface area contributed by atoms with Gasteiger partial charge in [-0.05, 0) is 179 Å². The maximum Gasteiger partial charge on any atom is 0.0463 e. The molecule has 0 radical (unpaired) electrons. The Morgan fingerprint density at radius 1 is 0.132 bits per heavy atom. The number of hydrogen-bond donors (Lipinski definition) is 3. The van der Waals surface area contributed by atoms with Crippen LogP contribution in [0.2, 0.25) is 0 Å². The zero-order chi connectivity index (χ0) is 61.2. The predicted molar refractivity (Wildman–Crippen MR) is 389 cm³/mol. The van der Waals surface area contributed by atoms with Crippen molar-refractivity contribution in [2.45, 2.75) is 0 Å². The third-order valence-electron chi connectivity index (χ3n) is 16.1. The van der Waals surface area contributed by atoms with Crippen LogP contribution in [0.5, 0.6) is 0 Å². The van der Waals surface area contributed by atoms with Gasteiger partial charge in [-0.2, -0.15) is 0 Å². The molecule has 0 aliphatic heterocycles. The van der Waals surface area contributed by atoms with Crippen LogP contribution < -0.4 is 16.0 Å². The number of rotatable bonds is 14. The lowest BCUT2D eigenvalue weighted by Gasteiger charge is -2.14. The average Bonchev–Trinajstić information content (AvgIpc) is 3.32. The molecule has 3 heteroatoms. The summed E-state index contributed by atoms with van der Waals surface area (Å²) < 4.78 is 0. The standard InChI is InChI=1S/2C30H23N.C28H21N/c1-4-10-23(11-5-1)26-16-18-29(19-17-26)31-30-21-27(24-12-6-2-7-13-24)20-28(22-30)25-14-8-3-9-15-25;1-3-8-23(9-4-1)25-14-18-29(19-15-25)31-30-20-16-26(17-21-30)28-13-7-12-27(22-28)24-10-5-2-6-11-24;1-3-10-21(11-4-1)24-18-25(22-12-5-2-6-13-22)20-26(19-24)29-28-17-9-15-23-14-7-8-16-27(23)28/h2*1-22,31H;1-20,29H. The molecule has 434 valence electrons. The lowest BCUT2D eigenvalue weighted by atomic mass is 9.98. The summed E-state index contributed by atoms with van der Waals surface area (Å²) in [5.41, 5.74) is 26.0. The molecule has 91 heavy (non-hydrogen) atoms. The molecule has 0 heterocycles. The van der Waals surface area contributed by atoms with Gasteiger partial charge < -0.3 is 16.0 Å². The highest BCUT2D eigenvalue weighted by Gasteiger charge is 2.11. The first kappa shape index (κ1) is 58.0. The van der Waals surface area contributed by atoms with Crippen molar-refractivity contribution in [2.24, 2.45) is 0 Å². The highest BCUT2D eigenvalue weighted by atomic mass is 14.9. The molecule has 0 saturated carbocycles. The molecular formula is C88H67N3. The highest BCUT2D eigenvalue weighted by Crippen LogP contribution is 2.36. The van der Waals surface area contributed by atoms with Crippen LogP contribution in [-0.2, 0) is 0 Å². The number of hydrogen-bond acceptors (Lipinski definition) is 3. The number of nitrogens with one attached hydrogen (secondary N) is 3. The van der Waals surface area contributed by atoms with Crippen molar-refractivity contribution < 1.29 is 0 Å². The van der Waals surface area contributed by atoms with Crippen LogP contribution in [0.1, 0.15) is 0 Å². The maximum absolute atomic E-state index is 3.67. The minimum Gasteiger partial charge on any atom is -0.356 e. The van der Waals surface area contributed by atoms with Crippen LogP contribution in [0.4, 0.5) is 34.1 Å². The highest BCUT2D eigenvalue weighted by molar-refractivity contribution is 5.96. The third-order valence-corrected chi connectivity index (χ3v) is 16.1. The number of fused-ring (bicyclic) bond motifs is 1. The summed E-state index contributed by atoms with van der Waals surface area (Å²) in [6, 6.07) is 136. The molecule has 0 spiro atoms. The van der Waals surface area contributed by atoms with Gasteiger partial charge in [-0.25, -0.2) is 0 Å². The molecule has 0 saturated heterocycles. The van der Waals surface area contributed by atoms with Gasteiger partial charge in [-0.15, -0.1) is 0 Å². The van der Waals surface area contributed by atoms with Crippen molar-refractivity contribution in [3.05, 3.63) is 388 Å². The van der Waals surface area contributed by atoms with E-state index in [1.54, 1.807) is 0 Å². The van der Waals surface area contributed by atoms with Gasteiger partial charge >= 0.3 is 0 Å². The summed E-state index contributed by atoms with van der Waals surface area (Å²) in [6.07, 6.45) is 0. The normalized spacial score (nSPS) is 10.6. The zero-order valence-electron chi connectivity index (χ0n) is 50.5. The van der Waals surface area contributed by atoms with Crippen molar-refractivity contribution in [2.75, 3.05) is 16.0 Å². The lowest BCUT2D eigenvalue weighted by Crippen LogP contribution is -1.93. The van der Waals surface area contributed by atoms with Crippen molar-refractivity contribution in [1.82, 2.24) is 0 Å². The molecule has 0 aliphatic rings. The Morgan fingerprint density at radius 2 is 0.363 bits per heavy atom. The van der Waals surface area contributed by atoms with Gasteiger partial charge in [0.2, 0.25) is 0 Å². The van der Waals surface area contributed by atoms with E-state index < -0.39 is 0 Å². The Morgan fingerprint density at radius 3 is 0.725 bits per heavy atom. The van der Waals surface area contributed by atoms with Crippen LogP contribution in [-0.4, -0.2) is 0 Å². The Balaban J connectivity index is 0.000000125. The molecule has 15 aromatic rings. The molecular weight excluding hydrogens is 1100 g/mol. The lowest BCUT2D eigenvalue weighted by molar-refractivity contribution is 1.52. The fourth-order valence-electron chi connectivity index (χ4n) is 11.4. The van der Waals surface area contributed by atoms with E-state index in [-0.39, 0.29) is 0 Å². The third kappa shape index (κ3) is 15.0. The van der Waals surface area contributed by atoms with Crippen LogP contribution in [0.15, 0.2) is 388 Å². The van der Waals surface area contributed by atoms with Crippen molar-refractivity contribution in [3.63, 3.8) is 0 Å². The van der Waals surface area contributed by atoms with E-state index in [2.05, 4.69) is 386 Å². The Labute approximate surface area is 535 Å². The van der Waals surface area contributed by atoms with E-state index in [4.69, 9.17) is 0 Å². The first-order valence-corrected chi connectivity index (χ1v) is 30.9. The van der Waals surface area contributed by atoms with E-state index in [0.29, 0.717) is 0 Å². The van der Waals surface area contributed by atoms with E-state index in [1.165, 1.54) is 99.8 Å². The van der Waals surface area contributed by atoms with E-state index in [9.17, 15) is 0 Å². The van der Waals surface area contributed by atoms with Crippen LogP contribution in [0.25, 0.3) is 99.8 Å². The topological polar surface area (TPSA) is 36.1 Å². The molecule has 15 rings (SSSR count). The quantitative estimate of drug-likeness (QED) is 0.102. The van der Waals surface area contributed by atoms with Gasteiger partial charge in [0.1, 0.15) is 0 Å². The van der Waals surface area contributed by atoms with Gasteiger partial charge in [0.05, 0.1) is 0 Å². The Hall–Kier alpha value is -12.0. The summed E-state index contributed by atoms with van der Waals surface area (Å²) in [5.74, 6) is 0. The predicted octanol–water partition coefficient (Wildman–Crippen LogP) is 24.8. The monoisotopic (exact) mass is 1170 g/mol. The minimum absolute atomic E-state index is 1.07. The smallest absolute Gasteiger partial charge is 0.0463 e. The molecule has 0 atom stereocenters. The summed E-state index contributed by atoms with van der Waals surface area (Å²) in [6.45, 7) is 0. The number of benzene rings is 15. The summed E-state index contributed by atoms with van der Waals surface area (Å²) in [7, 11) is 0. The van der Waals surface area contributed by atoms with Gasteiger partial charge in [-0.3, -0.25) is 0 Å². The van der Waals surface area contributed by atoms with Gasteiger partial charge in [0, 0.05) is 39.5 Å². The van der Waals surface area contributed by atoms with Crippen molar-refractivity contribution >= 4 is 44.9 Å². The Kier molecular flexibility index (Phi) is 18.3. The second-order valence-electron chi connectivity index (χ2n) is 22.4. The summed E-state index contributed by atoms with van der Waals surface area (Å²) in [4.78, 5) is 0. The van der Waals surface area contributed by atoms with E-state index in [1.807, 2.05) is 18.2 Å². The van der Waals surface area contributed by atoms with Crippen LogP contribution in [0, 0.1) is 0 Å². The molecule has 0 aromatic heterocycles. The fraction of sp³-hybridized carbons (Fsp3) is 0. The molecule has 0 amide bonds. The molecule has 3 N–H and O–H groups in total. The van der Waals surface area contributed by atoms with E-state index >= 15 is 0 Å². The van der Waals surface area contributed by atoms with Gasteiger partial charge in [0.25, 0.3) is 0 Å². The van der Waals surface area contributed by atoms with Crippen LogP contribution >= 0.6 is 0 Å². The van der Waals surface area contributed by atoms with Crippen molar-refractivity contribution in [1.29, 1.82) is 0 Å². The van der Waals surface area contributed by atoms with Gasteiger partial charge in [0.15, 0.2) is 0 Å². The number of anilines is 6. The second kappa shape index (κ2) is 28.6. The minimum atomic E-state index is 1.07. The largest absolute Gasteiger partial charge is 0.356 e. The molecule has 3 nitrogen and oxygen atoms in total. The fourth-order valence-corrected chi connectivity index (χ4v) is 11.4. The van der Waals surface area contributed by atoms with Crippen molar-refractivity contribution in [3.8, 4) is 89.0 Å². The molecule has 15 aromatic carbocycles. The molecule has 0 fully saturated rings. The first-order chi connectivity index (χ1) is 45.1. The summed E-state index contributed by atoms with van der Waals surface area (Å²) >= 11 is 0. The molecule has 0 unspecified atom stereocenters.